The van der Waals surface area contributed by atoms with Crippen LogP contribution < -0.4 is 0 Å². The van der Waals surface area contributed by atoms with Gasteiger partial charge in [-0.05, 0) is 42.0 Å². The fourth-order valence-corrected chi connectivity index (χ4v) is 2.22. The molecule has 1 rings (SSSR count). The smallest absolute Gasteiger partial charge is 0.124 e. The van der Waals surface area contributed by atoms with E-state index in [1.54, 1.807) is 6.07 Å². The first-order valence-corrected chi connectivity index (χ1v) is 7.09. The third-order valence-electron chi connectivity index (χ3n) is 2.55. The zero-order valence-corrected chi connectivity index (χ0v) is 13.0. The average molecular weight is 352 g/mol. The Labute approximate surface area is 114 Å². The Morgan fingerprint density at radius 1 is 1.25 bits per heavy atom. The van der Waals surface area contributed by atoms with Gasteiger partial charge in [0.25, 0.3) is 0 Å². The lowest BCUT2D eigenvalue weighted by molar-refractivity contribution is 0.385. The molecule has 90 valence electrons. The Kier molecular flexibility index (Phi) is 4.99. The Morgan fingerprint density at radius 2 is 1.88 bits per heavy atom. The number of hydrogen-bond acceptors (Lipinski definition) is 0. The van der Waals surface area contributed by atoms with Gasteiger partial charge in [-0.15, -0.1) is 0 Å². The average Bonchev–Trinajstić information content (AvgIpc) is 2.11. The van der Waals surface area contributed by atoms with Crippen LogP contribution in [0.2, 0.25) is 0 Å². The fourth-order valence-electron chi connectivity index (χ4n) is 1.48. The molecule has 0 fully saturated rings. The molecule has 1 aromatic rings. The zero-order valence-electron chi connectivity index (χ0n) is 9.86. The van der Waals surface area contributed by atoms with Crippen molar-refractivity contribution in [3.63, 3.8) is 0 Å². The second-order valence-corrected chi connectivity index (χ2v) is 7.17. The van der Waals surface area contributed by atoms with Gasteiger partial charge in [-0.25, -0.2) is 4.39 Å². The number of benzene rings is 1. The summed E-state index contributed by atoms with van der Waals surface area (Å²) >= 11 is 7.00. The van der Waals surface area contributed by atoms with Crippen molar-refractivity contribution in [3.8, 4) is 0 Å². The SMILES string of the molecule is CC(C)(C)C(Br)CCc1cc(F)cc(Br)c1. The molecule has 0 heterocycles. The predicted molar refractivity (Wildman–Crippen MR) is 74.6 cm³/mol. The summed E-state index contributed by atoms with van der Waals surface area (Å²) in [5, 5.41) is 0. The molecule has 0 aliphatic heterocycles. The largest absolute Gasteiger partial charge is 0.207 e. The highest BCUT2D eigenvalue weighted by atomic mass is 79.9. The highest BCUT2D eigenvalue weighted by Gasteiger charge is 2.21. The Morgan fingerprint density at radius 3 is 2.38 bits per heavy atom. The van der Waals surface area contributed by atoms with E-state index in [9.17, 15) is 4.39 Å². The van der Waals surface area contributed by atoms with Crippen LogP contribution in [0.15, 0.2) is 22.7 Å². The molecule has 0 bridgehead atoms. The molecule has 0 aliphatic carbocycles. The van der Waals surface area contributed by atoms with Crippen LogP contribution in [-0.2, 0) is 6.42 Å². The van der Waals surface area contributed by atoms with Crippen LogP contribution in [0.1, 0.15) is 32.8 Å². The molecule has 0 nitrogen and oxygen atoms in total. The van der Waals surface area contributed by atoms with E-state index in [2.05, 4.69) is 52.6 Å². The topological polar surface area (TPSA) is 0 Å². The first-order valence-electron chi connectivity index (χ1n) is 5.38. The first kappa shape index (κ1) is 14.2. The molecule has 1 aromatic carbocycles. The molecule has 3 heteroatoms. The molecule has 0 amide bonds. The summed E-state index contributed by atoms with van der Waals surface area (Å²) in [6.45, 7) is 6.61. The first-order chi connectivity index (χ1) is 7.29. The van der Waals surface area contributed by atoms with Gasteiger partial charge in [-0.2, -0.15) is 0 Å². The van der Waals surface area contributed by atoms with E-state index < -0.39 is 0 Å². The number of hydrogen-bond donors (Lipinski definition) is 0. The molecule has 1 unspecified atom stereocenters. The molecular weight excluding hydrogens is 335 g/mol. The van der Waals surface area contributed by atoms with Gasteiger partial charge in [-0.1, -0.05) is 52.6 Å². The molecule has 0 saturated carbocycles. The van der Waals surface area contributed by atoms with Crippen molar-refractivity contribution in [2.75, 3.05) is 0 Å². The zero-order chi connectivity index (χ0) is 12.3. The Hall–Kier alpha value is 0.110. The predicted octanol–water partition coefficient (Wildman–Crippen LogP) is 5.33. The molecular formula is C13H17Br2F. The lowest BCUT2D eigenvalue weighted by atomic mass is 9.89. The summed E-state index contributed by atoms with van der Waals surface area (Å²) in [7, 11) is 0. The summed E-state index contributed by atoms with van der Waals surface area (Å²) in [5.41, 5.74) is 1.28. The third-order valence-corrected chi connectivity index (χ3v) is 4.84. The van der Waals surface area contributed by atoms with Gasteiger partial charge in [0.1, 0.15) is 5.82 Å². The molecule has 0 radical (unpaired) electrons. The quantitative estimate of drug-likeness (QED) is 0.645. The second kappa shape index (κ2) is 5.63. The van der Waals surface area contributed by atoms with Crippen LogP contribution in [0.3, 0.4) is 0 Å². The molecule has 0 N–H and O–H groups in total. The van der Waals surface area contributed by atoms with E-state index in [4.69, 9.17) is 0 Å². The highest BCUT2D eigenvalue weighted by molar-refractivity contribution is 9.10. The summed E-state index contributed by atoms with van der Waals surface area (Å²) in [4.78, 5) is 0.446. The van der Waals surface area contributed by atoms with Gasteiger partial charge in [0, 0.05) is 9.30 Å². The Balaban J connectivity index is 2.61. The number of rotatable bonds is 3. The van der Waals surface area contributed by atoms with Gasteiger partial charge in [-0.3, -0.25) is 0 Å². The monoisotopic (exact) mass is 350 g/mol. The number of halogens is 3. The van der Waals surface area contributed by atoms with E-state index in [1.165, 1.54) is 6.07 Å². The van der Waals surface area contributed by atoms with Crippen molar-refractivity contribution in [2.24, 2.45) is 5.41 Å². The standard InChI is InChI=1S/C13H17Br2F/c1-13(2,3)12(15)5-4-9-6-10(14)8-11(16)7-9/h6-8,12H,4-5H2,1-3H3. The van der Waals surface area contributed by atoms with E-state index in [1.807, 2.05) is 6.07 Å². The minimum absolute atomic E-state index is 0.175. The maximum Gasteiger partial charge on any atom is 0.124 e. The van der Waals surface area contributed by atoms with Crippen molar-refractivity contribution in [3.05, 3.63) is 34.1 Å². The van der Waals surface area contributed by atoms with Crippen molar-refractivity contribution in [2.45, 2.75) is 38.4 Å². The molecule has 0 spiro atoms. The number of aryl methyl sites for hydroxylation is 1. The van der Waals surface area contributed by atoms with Crippen molar-refractivity contribution >= 4 is 31.9 Å². The Bertz CT molecular complexity index is 335. The second-order valence-electron chi connectivity index (χ2n) is 5.15. The van der Waals surface area contributed by atoms with Crippen LogP contribution in [-0.4, -0.2) is 4.83 Å². The van der Waals surface area contributed by atoms with E-state index in [0.717, 1.165) is 22.9 Å². The fraction of sp³-hybridized carbons (Fsp3) is 0.538. The van der Waals surface area contributed by atoms with Gasteiger partial charge in [0.2, 0.25) is 0 Å². The van der Waals surface area contributed by atoms with Crippen LogP contribution >= 0.6 is 31.9 Å². The number of alkyl halides is 1. The van der Waals surface area contributed by atoms with E-state index in [0.29, 0.717) is 4.83 Å². The van der Waals surface area contributed by atoms with Crippen molar-refractivity contribution in [1.82, 2.24) is 0 Å². The molecule has 16 heavy (non-hydrogen) atoms. The molecule has 0 saturated heterocycles. The normalized spacial score (nSPS) is 13.9. The van der Waals surface area contributed by atoms with E-state index in [-0.39, 0.29) is 11.2 Å². The van der Waals surface area contributed by atoms with Gasteiger partial charge in [0.05, 0.1) is 0 Å². The highest BCUT2D eigenvalue weighted by Crippen LogP contribution is 2.30. The van der Waals surface area contributed by atoms with Crippen LogP contribution in [0.5, 0.6) is 0 Å². The lowest BCUT2D eigenvalue weighted by Crippen LogP contribution is -2.20. The molecule has 0 aromatic heterocycles. The third kappa shape index (κ3) is 4.54. The van der Waals surface area contributed by atoms with Crippen molar-refractivity contribution in [1.29, 1.82) is 0 Å². The van der Waals surface area contributed by atoms with E-state index >= 15 is 0 Å². The maximum atomic E-state index is 13.1. The summed E-state index contributed by atoms with van der Waals surface area (Å²) in [6.07, 6.45) is 1.91. The van der Waals surface area contributed by atoms with Gasteiger partial charge >= 0.3 is 0 Å². The summed E-state index contributed by atoms with van der Waals surface area (Å²) < 4.78 is 14.0. The van der Waals surface area contributed by atoms with Crippen LogP contribution in [0.25, 0.3) is 0 Å². The minimum Gasteiger partial charge on any atom is -0.207 e. The lowest BCUT2D eigenvalue weighted by Gasteiger charge is -2.25. The van der Waals surface area contributed by atoms with Gasteiger partial charge < -0.3 is 0 Å². The summed E-state index contributed by atoms with van der Waals surface area (Å²) in [5.74, 6) is -0.175. The van der Waals surface area contributed by atoms with Crippen molar-refractivity contribution < 1.29 is 4.39 Å². The summed E-state index contributed by atoms with van der Waals surface area (Å²) in [6, 6.07) is 5.07. The van der Waals surface area contributed by atoms with Gasteiger partial charge in [0.15, 0.2) is 0 Å². The molecule has 0 aliphatic rings. The molecule has 1 atom stereocenters. The minimum atomic E-state index is -0.175. The van der Waals surface area contributed by atoms with Crippen LogP contribution in [0, 0.1) is 11.2 Å². The maximum absolute atomic E-state index is 13.1. The van der Waals surface area contributed by atoms with Crippen LogP contribution in [0.4, 0.5) is 4.39 Å².